The maximum Gasteiger partial charge on any atom is 0.408 e. The summed E-state index contributed by atoms with van der Waals surface area (Å²) < 4.78 is 10.8. The summed E-state index contributed by atoms with van der Waals surface area (Å²) in [7, 11) is 0. The van der Waals surface area contributed by atoms with Crippen molar-refractivity contribution in [3.63, 3.8) is 0 Å². The normalized spacial score (nSPS) is 16.3. The molecule has 13 heteroatoms. The summed E-state index contributed by atoms with van der Waals surface area (Å²) in [5.74, 6) is -1.16. The van der Waals surface area contributed by atoms with Crippen LogP contribution in [0.3, 0.4) is 0 Å². The molecule has 6 rings (SSSR count). The zero-order valence-electron chi connectivity index (χ0n) is 35.8. The molecule has 0 bridgehead atoms. The van der Waals surface area contributed by atoms with Crippen LogP contribution in [0.2, 0.25) is 0 Å². The quantitative estimate of drug-likeness (QED) is 0.0574. The molecule has 4 amide bonds. The van der Waals surface area contributed by atoms with Gasteiger partial charge in [-0.1, -0.05) is 160 Å². The Bertz CT molecular complexity index is 2250. The summed E-state index contributed by atoms with van der Waals surface area (Å²) >= 11 is 0. The molecule has 0 saturated heterocycles. The van der Waals surface area contributed by atoms with Crippen molar-refractivity contribution in [1.29, 1.82) is 0 Å². The van der Waals surface area contributed by atoms with Crippen molar-refractivity contribution in [3.8, 4) is 0 Å². The molecule has 5 aromatic carbocycles. The summed E-state index contributed by atoms with van der Waals surface area (Å²) in [6.07, 6.45) is -3.24. The first-order valence-corrected chi connectivity index (χ1v) is 21.2. The van der Waals surface area contributed by atoms with Gasteiger partial charge in [-0.3, -0.25) is 14.9 Å². The van der Waals surface area contributed by atoms with Crippen LogP contribution >= 0.6 is 0 Å². The van der Waals surface area contributed by atoms with Crippen LogP contribution in [-0.4, -0.2) is 64.5 Å². The van der Waals surface area contributed by atoms with Crippen molar-refractivity contribution in [2.75, 3.05) is 0 Å². The van der Waals surface area contributed by atoms with Crippen molar-refractivity contribution in [2.24, 2.45) is 5.41 Å². The number of carbonyl (C=O) groups is 4. The first-order valence-electron chi connectivity index (χ1n) is 21.2. The van der Waals surface area contributed by atoms with E-state index in [0.29, 0.717) is 6.42 Å². The van der Waals surface area contributed by atoms with E-state index in [0.717, 1.165) is 38.9 Å². The van der Waals surface area contributed by atoms with Gasteiger partial charge in [-0.05, 0) is 50.8 Å². The standard InChI is InChI=1S/C50H57N5O8/c1-50(2,3)45(55-49(61)63-32-37-19-11-6-12-20-37)47(59)53-40(27-33-15-7-4-8-16-33)44(57)43(46(58)54-42-39-22-14-13-21-38(39)28-41(42)56)51-29-34-23-25-35(26-24-34)30-52-48(60)62-31-36-17-9-5-10-18-36/h4-26,40-45,51,56-57H,27-32H2,1-3H3,(H,52,60)(H,53,59)(H,54,58)(H,55,61)/t40-,41+,42-,43+,44-,45+/m0/s1. The van der Waals surface area contributed by atoms with E-state index in [2.05, 4.69) is 26.6 Å². The van der Waals surface area contributed by atoms with Crippen LogP contribution < -0.4 is 26.6 Å². The van der Waals surface area contributed by atoms with Crippen LogP contribution in [0.25, 0.3) is 0 Å². The lowest BCUT2D eigenvalue weighted by atomic mass is 9.85. The van der Waals surface area contributed by atoms with Crippen molar-refractivity contribution in [1.82, 2.24) is 26.6 Å². The summed E-state index contributed by atoms with van der Waals surface area (Å²) in [4.78, 5) is 54.2. The Hall–Kier alpha value is -6.54. The molecule has 0 saturated carbocycles. The zero-order valence-corrected chi connectivity index (χ0v) is 35.8. The van der Waals surface area contributed by atoms with Gasteiger partial charge in [-0.2, -0.15) is 0 Å². The second-order valence-corrected chi connectivity index (χ2v) is 16.8. The fraction of sp³-hybridized carbons (Fsp3) is 0.320. The highest BCUT2D eigenvalue weighted by molar-refractivity contribution is 5.87. The average Bonchev–Trinajstić information content (AvgIpc) is 3.60. The third-order valence-electron chi connectivity index (χ3n) is 11.0. The Morgan fingerprint density at radius 2 is 1.16 bits per heavy atom. The summed E-state index contributed by atoms with van der Waals surface area (Å²) in [5.41, 5.74) is 4.95. The molecule has 7 N–H and O–H groups in total. The highest BCUT2D eigenvalue weighted by atomic mass is 16.6. The summed E-state index contributed by atoms with van der Waals surface area (Å²) in [6, 6.07) is 38.5. The Morgan fingerprint density at radius 3 is 1.75 bits per heavy atom. The number of hydrogen-bond donors (Lipinski definition) is 7. The second-order valence-electron chi connectivity index (χ2n) is 16.8. The van der Waals surface area contributed by atoms with E-state index in [1.807, 2.05) is 140 Å². The number of aliphatic hydroxyl groups excluding tert-OH is 2. The fourth-order valence-electron chi connectivity index (χ4n) is 7.49. The van der Waals surface area contributed by atoms with E-state index >= 15 is 0 Å². The Morgan fingerprint density at radius 1 is 0.635 bits per heavy atom. The summed E-state index contributed by atoms with van der Waals surface area (Å²) in [6.45, 7) is 5.94. The first-order chi connectivity index (χ1) is 30.3. The summed E-state index contributed by atoms with van der Waals surface area (Å²) in [5, 5.41) is 38.1. The lowest BCUT2D eigenvalue weighted by Gasteiger charge is -2.35. The molecule has 1 aliphatic carbocycles. The van der Waals surface area contributed by atoms with Crippen molar-refractivity contribution in [2.45, 2.75) is 96.3 Å². The average molecular weight is 856 g/mol. The van der Waals surface area contributed by atoms with Crippen LogP contribution in [0.5, 0.6) is 0 Å². The smallest absolute Gasteiger partial charge is 0.408 e. The van der Waals surface area contributed by atoms with E-state index in [1.54, 1.807) is 20.8 Å². The van der Waals surface area contributed by atoms with Gasteiger partial charge in [-0.25, -0.2) is 9.59 Å². The van der Waals surface area contributed by atoms with E-state index in [1.165, 1.54) is 0 Å². The number of hydrogen-bond acceptors (Lipinski definition) is 9. The lowest BCUT2D eigenvalue weighted by Crippen LogP contribution is -2.62. The molecule has 0 aliphatic heterocycles. The van der Waals surface area contributed by atoms with Crippen LogP contribution in [0.4, 0.5) is 9.59 Å². The molecule has 1 aliphatic rings. The van der Waals surface area contributed by atoms with Gasteiger partial charge in [0.25, 0.3) is 0 Å². The third kappa shape index (κ3) is 13.5. The topological polar surface area (TPSA) is 187 Å². The van der Waals surface area contributed by atoms with Crippen LogP contribution in [0, 0.1) is 5.41 Å². The molecule has 330 valence electrons. The maximum absolute atomic E-state index is 14.5. The highest BCUT2D eigenvalue weighted by Gasteiger charge is 2.40. The predicted octanol–water partition coefficient (Wildman–Crippen LogP) is 5.78. The molecule has 0 spiro atoms. The molecule has 0 heterocycles. The number of fused-ring (bicyclic) bond motifs is 1. The third-order valence-corrected chi connectivity index (χ3v) is 11.0. The maximum atomic E-state index is 14.5. The van der Waals surface area contributed by atoms with Crippen molar-refractivity contribution in [3.05, 3.63) is 178 Å². The van der Waals surface area contributed by atoms with Gasteiger partial charge in [0.1, 0.15) is 25.3 Å². The Balaban J connectivity index is 1.19. The van der Waals surface area contributed by atoms with Gasteiger partial charge < -0.3 is 41.0 Å². The molecule has 13 nitrogen and oxygen atoms in total. The van der Waals surface area contributed by atoms with Crippen LogP contribution in [0.15, 0.2) is 140 Å². The second kappa shape index (κ2) is 22.0. The molecular formula is C50H57N5O8. The van der Waals surface area contributed by atoms with Gasteiger partial charge in [0.05, 0.1) is 24.3 Å². The van der Waals surface area contributed by atoms with Gasteiger partial charge in [0.15, 0.2) is 0 Å². The minimum atomic E-state index is -1.51. The molecule has 0 fully saturated rings. The van der Waals surface area contributed by atoms with E-state index in [9.17, 15) is 29.4 Å². The van der Waals surface area contributed by atoms with Gasteiger partial charge in [0, 0.05) is 19.5 Å². The minimum absolute atomic E-state index is 0.00652. The molecular weight excluding hydrogens is 799 g/mol. The number of amides is 4. The number of nitrogens with one attached hydrogen (secondary N) is 5. The van der Waals surface area contributed by atoms with Crippen LogP contribution in [-0.2, 0) is 58.2 Å². The van der Waals surface area contributed by atoms with E-state index < -0.39 is 65.8 Å². The van der Waals surface area contributed by atoms with Gasteiger partial charge in [-0.15, -0.1) is 0 Å². The van der Waals surface area contributed by atoms with Crippen LogP contribution in [0.1, 0.15) is 65.8 Å². The number of carbonyl (C=O) groups excluding carboxylic acids is 4. The van der Waals surface area contributed by atoms with Crippen molar-refractivity contribution < 1.29 is 38.9 Å². The number of rotatable bonds is 18. The van der Waals surface area contributed by atoms with Gasteiger partial charge >= 0.3 is 12.2 Å². The monoisotopic (exact) mass is 855 g/mol. The highest BCUT2D eigenvalue weighted by Crippen LogP contribution is 2.31. The Labute approximate surface area is 368 Å². The molecule has 63 heavy (non-hydrogen) atoms. The largest absolute Gasteiger partial charge is 0.445 e. The number of benzene rings is 5. The number of aliphatic hydroxyl groups is 2. The van der Waals surface area contributed by atoms with Crippen molar-refractivity contribution >= 4 is 24.0 Å². The van der Waals surface area contributed by atoms with E-state index in [-0.39, 0.29) is 32.7 Å². The predicted molar refractivity (Wildman–Crippen MR) is 239 cm³/mol. The Kier molecular flexibility index (Phi) is 16.1. The lowest BCUT2D eigenvalue weighted by molar-refractivity contribution is -0.131. The fourth-order valence-corrected chi connectivity index (χ4v) is 7.49. The van der Waals surface area contributed by atoms with E-state index in [4.69, 9.17) is 9.47 Å². The number of ether oxygens (including phenoxy) is 2. The SMILES string of the molecule is CC(C)(C)[C@H](NC(=O)OCc1ccccc1)C(=O)N[C@@H](Cc1ccccc1)[C@H](O)[C@@H](NCc1ccc(CNC(=O)OCc2ccccc2)cc1)C(=O)N[C@H]1c2ccccc2C[C@H]1O. The number of alkyl carbamates (subject to hydrolysis) is 2. The molecule has 0 unspecified atom stereocenters. The van der Waals surface area contributed by atoms with Gasteiger partial charge in [0.2, 0.25) is 11.8 Å². The first kappa shape index (κ1) is 46.0. The minimum Gasteiger partial charge on any atom is -0.445 e. The molecule has 6 atom stereocenters. The zero-order chi connectivity index (χ0) is 44.8. The molecule has 0 aromatic heterocycles. The molecule has 0 radical (unpaired) electrons. The molecule has 5 aromatic rings.